The number of hydrogen-bond acceptors (Lipinski definition) is 3. The van der Waals surface area contributed by atoms with Crippen molar-refractivity contribution in [2.75, 3.05) is 47.4 Å². The average molecular weight is 363 g/mol. The van der Waals surface area contributed by atoms with Crippen LogP contribution in [0.4, 0.5) is 0 Å². The van der Waals surface area contributed by atoms with Crippen LogP contribution in [-0.4, -0.2) is 58.2 Å². The van der Waals surface area contributed by atoms with Crippen LogP contribution < -0.4 is 15.4 Å². The monoisotopic (exact) mass is 362 g/mol. The SMILES string of the molecule is CCNC(=NCCCCCCCN(C)C)NCCc1ccc(OC)cc1. The Morgan fingerprint density at radius 1 is 1.00 bits per heavy atom. The summed E-state index contributed by atoms with van der Waals surface area (Å²) >= 11 is 0. The second-order valence-corrected chi connectivity index (χ2v) is 6.86. The molecule has 0 atom stereocenters. The fourth-order valence-electron chi connectivity index (χ4n) is 2.72. The van der Waals surface area contributed by atoms with Crippen molar-refractivity contribution in [3.63, 3.8) is 0 Å². The van der Waals surface area contributed by atoms with Gasteiger partial charge in [-0.05, 0) is 64.5 Å². The van der Waals surface area contributed by atoms with Crippen LogP contribution in [-0.2, 0) is 6.42 Å². The lowest BCUT2D eigenvalue weighted by molar-refractivity contribution is 0.390. The molecule has 0 heterocycles. The third-order valence-electron chi connectivity index (χ3n) is 4.24. The Morgan fingerprint density at radius 2 is 1.69 bits per heavy atom. The van der Waals surface area contributed by atoms with Crippen molar-refractivity contribution in [2.24, 2.45) is 4.99 Å². The van der Waals surface area contributed by atoms with Crippen molar-refractivity contribution < 1.29 is 4.74 Å². The number of ether oxygens (including phenoxy) is 1. The number of guanidine groups is 1. The Labute approximate surface area is 160 Å². The van der Waals surface area contributed by atoms with Crippen molar-refractivity contribution in [1.82, 2.24) is 15.5 Å². The van der Waals surface area contributed by atoms with Crippen molar-refractivity contribution in [1.29, 1.82) is 0 Å². The van der Waals surface area contributed by atoms with Crippen molar-refractivity contribution in [3.05, 3.63) is 29.8 Å². The van der Waals surface area contributed by atoms with E-state index >= 15 is 0 Å². The highest BCUT2D eigenvalue weighted by Crippen LogP contribution is 2.11. The fourth-order valence-corrected chi connectivity index (χ4v) is 2.72. The van der Waals surface area contributed by atoms with Crippen LogP contribution in [0.5, 0.6) is 5.75 Å². The van der Waals surface area contributed by atoms with Gasteiger partial charge in [-0.1, -0.05) is 31.4 Å². The highest BCUT2D eigenvalue weighted by atomic mass is 16.5. The van der Waals surface area contributed by atoms with Gasteiger partial charge in [0.1, 0.15) is 5.75 Å². The van der Waals surface area contributed by atoms with Gasteiger partial charge in [-0.25, -0.2) is 0 Å². The smallest absolute Gasteiger partial charge is 0.191 e. The minimum atomic E-state index is 0.878. The first-order valence-electron chi connectivity index (χ1n) is 9.95. The van der Waals surface area contributed by atoms with E-state index in [4.69, 9.17) is 4.74 Å². The van der Waals surface area contributed by atoms with Gasteiger partial charge in [-0.2, -0.15) is 0 Å². The summed E-state index contributed by atoms with van der Waals surface area (Å²) in [5.41, 5.74) is 1.30. The van der Waals surface area contributed by atoms with Crippen LogP contribution in [0, 0.1) is 0 Å². The predicted octanol–water partition coefficient (Wildman–Crippen LogP) is 3.30. The molecular weight excluding hydrogens is 324 g/mol. The molecule has 5 heteroatoms. The van der Waals surface area contributed by atoms with Crippen LogP contribution in [0.25, 0.3) is 0 Å². The molecule has 1 rings (SSSR count). The lowest BCUT2D eigenvalue weighted by atomic mass is 10.1. The number of unbranched alkanes of at least 4 members (excludes halogenated alkanes) is 4. The number of nitrogens with one attached hydrogen (secondary N) is 2. The summed E-state index contributed by atoms with van der Waals surface area (Å²) in [5.74, 6) is 1.83. The number of benzene rings is 1. The summed E-state index contributed by atoms with van der Waals surface area (Å²) in [6.45, 7) is 5.96. The van der Waals surface area contributed by atoms with Crippen LogP contribution in [0.1, 0.15) is 44.6 Å². The van der Waals surface area contributed by atoms with Crippen LogP contribution in [0.2, 0.25) is 0 Å². The highest BCUT2D eigenvalue weighted by Gasteiger charge is 1.99. The summed E-state index contributed by atoms with van der Waals surface area (Å²) in [6, 6.07) is 8.24. The van der Waals surface area contributed by atoms with Crippen LogP contribution in [0.3, 0.4) is 0 Å². The van der Waals surface area contributed by atoms with Gasteiger partial charge >= 0.3 is 0 Å². The van der Waals surface area contributed by atoms with Gasteiger partial charge in [0, 0.05) is 19.6 Å². The summed E-state index contributed by atoms with van der Waals surface area (Å²) in [4.78, 5) is 6.94. The van der Waals surface area contributed by atoms with E-state index in [-0.39, 0.29) is 0 Å². The second kappa shape index (κ2) is 14.4. The largest absolute Gasteiger partial charge is 0.497 e. The Balaban J connectivity index is 2.19. The highest BCUT2D eigenvalue weighted by molar-refractivity contribution is 5.79. The first kappa shape index (κ1) is 22.3. The molecule has 26 heavy (non-hydrogen) atoms. The normalized spacial score (nSPS) is 11.7. The molecular formula is C21H38N4O. The lowest BCUT2D eigenvalue weighted by Crippen LogP contribution is -2.38. The maximum Gasteiger partial charge on any atom is 0.191 e. The summed E-state index contributed by atoms with van der Waals surface area (Å²) in [6.07, 6.45) is 7.33. The maximum absolute atomic E-state index is 5.19. The predicted molar refractivity (Wildman–Crippen MR) is 112 cm³/mol. The first-order valence-corrected chi connectivity index (χ1v) is 9.95. The molecule has 0 aliphatic carbocycles. The average Bonchev–Trinajstić information content (AvgIpc) is 2.64. The van der Waals surface area contributed by atoms with Gasteiger partial charge in [0.15, 0.2) is 5.96 Å². The first-order chi connectivity index (χ1) is 12.7. The Bertz CT molecular complexity index is 485. The van der Waals surface area contributed by atoms with E-state index in [0.717, 1.165) is 44.2 Å². The molecule has 0 aliphatic rings. The lowest BCUT2D eigenvalue weighted by Gasteiger charge is -2.11. The molecule has 0 saturated heterocycles. The molecule has 0 radical (unpaired) electrons. The number of hydrogen-bond donors (Lipinski definition) is 2. The standard InChI is InChI=1S/C21H38N4O/c1-5-22-21(23-16-9-7-6-8-10-18-25(2)3)24-17-15-19-11-13-20(26-4)14-12-19/h11-14H,5-10,15-18H2,1-4H3,(H2,22,23,24). The molecule has 0 bridgehead atoms. The van der Waals surface area contributed by atoms with Gasteiger partial charge in [0.25, 0.3) is 0 Å². The zero-order valence-electron chi connectivity index (χ0n) is 17.2. The summed E-state index contributed by atoms with van der Waals surface area (Å²) in [7, 11) is 5.97. The number of methoxy groups -OCH3 is 1. The Morgan fingerprint density at radius 3 is 2.35 bits per heavy atom. The summed E-state index contributed by atoms with van der Waals surface area (Å²) in [5, 5.41) is 6.75. The third-order valence-corrected chi connectivity index (χ3v) is 4.24. The molecule has 5 nitrogen and oxygen atoms in total. The number of nitrogens with zero attached hydrogens (tertiary/aromatic N) is 2. The molecule has 0 amide bonds. The van der Waals surface area contributed by atoms with Gasteiger partial charge in [0.05, 0.1) is 7.11 Å². The summed E-state index contributed by atoms with van der Waals surface area (Å²) < 4.78 is 5.19. The second-order valence-electron chi connectivity index (χ2n) is 6.86. The number of aliphatic imine (C=N–C) groups is 1. The van der Waals surface area contributed by atoms with Crippen LogP contribution >= 0.6 is 0 Å². The quantitative estimate of drug-likeness (QED) is 0.321. The molecule has 148 valence electrons. The van der Waals surface area contributed by atoms with Gasteiger partial charge in [-0.15, -0.1) is 0 Å². The van der Waals surface area contributed by atoms with E-state index in [1.165, 1.54) is 37.8 Å². The van der Waals surface area contributed by atoms with Gasteiger partial charge in [-0.3, -0.25) is 4.99 Å². The van der Waals surface area contributed by atoms with Crippen molar-refractivity contribution in [2.45, 2.75) is 45.4 Å². The van der Waals surface area contributed by atoms with Crippen molar-refractivity contribution in [3.8, 4) is 5.75 Å². The molecule has 0 spiro atoms. The minimum absolute atomic E-state index is 0.878. The molecule has 0 unspecified atom stereocenters. The van der Waals surface area contributed by atoms with Gasteiger partial charge in [0.2, 0.25) is 0 Å². The molecule has 2 N–H and O–H groups in total. The Hall–Kier alpha value is -1.75. The van der Waals surface area contributed by atoms with E-state index in [9.17, 15) is 0 Å². The molecule has 0 aliphatic heterocycles. The van der Waals surface area contributed by atoms with Crippen LogP contribution in [0.15, 0.2) is 29.3 Å². The van der Waals surface area contributed by atoms with E-state index < -0.39 is 0 Å². The molecule has 0 fully saturated rings. The number of rotatable bonds is 13. The van der Waals surface area contributed by atoms with E-state index in [0.29, 0.717) is 0 Å². The topological polar surface area (TPSA) is 48.9 Å². The minimum Gasteiger partial charge on any atom is -0.497 e. The zero-order chi connectivity index (χ0) is 19.0. The Kier molecular flexibility index (Phi) is 12.4. The van der Waals surface area contributed by atoms with E-state index in [2.05, 4.69) is 53.7 Å². The van der Waals surface area contributed by atoms with Crippen molar-refractivity contribution >= 4 is 5.96 Å². The van der Waals surface area contributed by atoms with E-state index in [1.807, 2.05) is 12.1 Å². The third kappa shape index (κ3) is 11.0. The van der Waals surface area contributed by atoms with Gasteiger partial charge < -0.3 is 20.3 Å². The molecule has 1 aromatic rings. The maximum atomic E-state index is 5.19. The zero-order valence-corrected chi connectivity index (χ0v) is 17.2. The van der Waals surface area contributed by atoms with E-state index in [1.54, 1.807) is 7.11 Å². The molecule has 0 aromatic heterocycles. The molecule has 0 saturated carbocycles. The molecule has 1 aromatic carbocycles. The fraction of sp³-hybridized carbons (Fsp3) is 0.667.